The second-order valence-corrected chi connectivity index (χ2v) is 5.65. The first kappa shape index (κ1) is 19.5. The fourth-order valence-corrected chi connectivity index (χ4v) is 2.29. The lowest BCUT2D eigenvalue weighted by Crippen LogP contribution is -2.41. The molecule has 0 saturated carbocycles. The summed E-state index contributed by atoms with van der Waals surface area (Å²) >= 11 is 0. The fraction of sp³-hybridized carbons (Fsp3) is 0.933. The van der Waals surface area contributed by atoms with Gasteiger partial charge in [0, 0.05) is 38.1 Å². The monoisotopic (exact) mass is 288 g/mol. The Morgan fingerprint density at radius 3 is 1.85 bits per heavy atom. The maximum atomic E-state index is 5.97. The molecule has 0 aliphatic rings. The average Bonchev–Trinajstić information content (AvgIpc) is 2.46. The number of ether oxygens (including phenoxy) is 3. The first-order valence-electron chi connectivity index (χ1n) is 7.25. The highest BCUT2D eigenvalue weighted by Gasteiger charge is 2.32. The largest absolute Gasteiger partial charge is 0.384 e. The van der Waals surface area contributed by atoms with E-state index in [1.54, 1.807) is 14.2 Å². The molecule has 2 unspecified atom stereocenters. The number of hydrogen-bond donors (Lipinski definition) is 1. The molecule has 0 fully saturated rings. The van der Waals surface area contributed by atoms with Gasteiger partial charge in [-0.3, -0.25) is 0 Å². The summed E-state index contributed by atoms with van der Waals surface area (Å²) in [6, 6.07) is 0. The minimum absolute atomic E-state index is 0.0996. The molecule has 0 saturated heterocycles. The summed E-state index contributed by atoms with van der Waals surface area (Å²) in [6.45, 7) is 11.5. The van der Waals surface area contributed by atoms with Crippen molar-refractivity contribution in [2.24, 2.45) is 21.6 Å². The van der Waals surface area contributed by atoms with E-state index in [2.05, 4.69) is 25.6 Å². The van der Waals surface area contributed by atoms with E-state index in [1.807, 2.05) is 0 Å². The van der Waals surface area contributed by atoms with Crippen molar-refractivity contribution in [1.29, 1.82) is 0 Å². The molecule has 0 spiro atoms. The van der Waals surface area contributed by atoms with E-state index in [0.29, 0.717) is 39.5 Å². The second-order valence-electron chi connectivity index (χ2n) is 5.65. The molecule has 0 bridgehead atoms. The number of methoxy groups -OCH3 is 2. The summed E-state index contributed by atoms with van der Waals surface area (Å²) in [5.74, 6) is 0. The van der Waals surface area contributed by atoms with Crippen LogP contribution in [0.25, 0.3) is 0 Å². The summed E-state index contributed by atoms with van der Waals surface area (Å²) in [7, 11) is 3.40. The molecule has 0 aromatic carbocycles. The van der Waals surface area contributed by atoms with Crippen molar-refractivity contribution in [3.05, 3.63) is 0 Å². The number of hydrogen-bond acceptors (Lipinski definition) is 5. The van der Waals surface area contributed by atoms with Crippen molar-refractivity contribution >= 4 is 6.72 Å². The lowest BCUT2D eigenvalue weighted by Gasteiger charge is -2.34. The quantitative estimate of drug-likeness (QED) is 0.524. The van der Waals surface area contributed by atoms with Gasteiger partial charge in [0.15, 0.2) is 0 Å². The normalized spacial score (nSPS) is 17.4. The Bertz CT molecular complexity index is 258. The first-order chi connectivity index (χ1) is 9.57. The van der Waals surface area contributed by atoms with Gasteiger partial charge in [-0.1, -0.05) is 13.8 Å². The van der Waals surface area contributed by atoms with Crippen LogP contribution in [0, 0.1) is 10.8 Å². The summed E-state index contributed by atoms with van der Waals surface area (Å²) in [5, 5.41) is 0. The van der Waals surface area contributed by atoms with Crippen LogP contribution >= 0.6 is 0 Å². The molecule has 2 atom stereocenters. The highest BCUT2D eigenvalue weighted by Crippen LogP contribution is 2.26. The Morgan fingerprint density at radius 2 is 1.45 bits per heavy atom. The van der Waals surface area contributed by atoms with Crippen LogP contribution in [0.5, 0.6) is 0 Å². The highest BCUT2D eigenvalue weighted by atomic mass is 16.5. The molecule has 2 N–H and O–H groups in total. The second kappa shape index (κ2) is 10.3. The van der Waals surface area contributed by atoms with Gasteiger partial charge in [-0.2, -0.15) is 0 Å². The molecule has 120 valence electrons. The van der Waals surface area contributed by atoms with Crippen LogP contribution in [-0.4, -0.2) is 60.5 Å². The Hall–Kier alpha value is -0.490. The Kier molecular flexibility index (Phi) is 10.0. The maximum absolute atomic E-state index is 5.97. The third kappa shape index (κ3) is 5.87. The first-order valence-corrected chi connectivity index (χ1v) is 7.25. The smallest absolute Gasteiger partial charge is 0.0562 e. The van der Waals surface area contributed by atoms with Gasteiger partial charge in [-0.25, -0.2) is 0 Å². The summed E-state index contributed by atoms with van der Waals surface area (Å²) in [5.41, 5.74) is 5.68. The summed E-state index contributed by atoms with van der Waals surface area (Å²) in [6.07, 6.45) is 1.87. The van der Waals surface area contributed by atoms with Gasteiger partial charge in [-0.05, 0) is 19.6 Å². The molecular weight excluding hydrogens is 256 g/mol. The fourth-order valence-electron chi connectivity index (χ4n) is 2.29. The van der Waals surface area contributed by atoms with E-state index in [1.165, 1.54) is 0 Å². The molecule has 0 radical (unpaired) electrons. The molecule has 20 heavy (non-hydrogen) atoms. The Labute approximate surface area is 123 Å². The number of nitrogens with zero attached hydrogens (tertiary/aromatic N) is 1. The van der Waals surface area contributed by atoms with Gasteiger partial charge in [0.25, 0.3) is 0 Å². The molecule has 5 nitrogen and oxygen atoms in total. The Balaban J connectivity index is 4.57. The zero-order valence-corrected chi connectivity index (χ0v) is 13.6. The van der Waals surface area contributed by atoms with Crippen molar-refractivity contribution < 1.29 is 14.2 Å². The van der Waals surface area contributed by atoms with Crippen LogP contribution in [0.3, 0.4) is 0 Å². The molecule has 0 aliphatic carbocycles. The lowest BCUT2D eigenvalue weighted by molar-refractivity contribution is -0.0529. The number of aliphatic imine (C=N–C) groups is 1. The van der Waals surface area contributed by atoms with E-state index in [-0.39, 0.29) is 10.8 Å². The van der Waals surface area contributed by atoms with Gasteiger partial charge in [0.2, 0.25) is 0 Å². The summed E-state index contributed by atoms with van der Waals surface area (Å²) < 4.78 is 16.6. The molecule has 0 aliphatic heterocycles. The van der Waals surface area contributed by atoms with Gasteiger partial charge < -0.3 is 24.9 Å². The van der Waals surface area contributed by atoms with E-state index in [0.717, 1.165) is 12.8 Å². The third-order valence-corrected chi connectivity index (χ3v) is 4.10. The number of nitrogens with two attached hydrogens (primary N) is 1. The van der Waals surface area contributed by atoms with Gasteiger partial charge in [0.05, 0.1) is 26.4 Å². The predicted molar refractivity (Wildman–Crippen MR) is 83.5 cm³/mol. The van der Waals surface area contributed by atoms with E-state index in [9.17, 15) is 0 Å². The van der Waals surface area contributed by atoms with Crippen molar-refractivity contribution in [3.8, 4) is 0 Å². The van der Waals surface area contributed by atoms with Crippen molar-refractivity contribution in [3.63, 3.8) is 0 Å². The van der Waals surface area contributed by atoms with E-state index in [4.69, 9.17) is 19.9 Å². The molecule has 0 aromatic rings. The third-order valence-electron chi connectivity index (χ3n) is 4.10. The van der Waals surface area contributed by atoms with Crippen LogP contribution in [0.15, 0.2) is 4.99 Å². The molecule has 0 aromatic heterocycles. The SMILES string of the molecule is C=NCC(CC)(COC)COCC(CC)(CN)COC. The zero-order valence-electron chi connectivity index (χ0n) is 13.6. The van der Waals surface area contributed by atoms with Crippen LogP contribution in [-0.2, 0) is 14.2 Å². The lowest BCUT2D eigenvalue weighted by atomic mass is 9.85. The molecule has 5 heteroatoms. The average molecular weight is 288 g/mol. The van der Waals surface area contributed by atoms with Gasteiger partial charge >= 0.3 is 0 Å². The standard InChI is InChI=1S/C15H32N2O3/c1-6-14(8-16,10-18-4)12-20-13-15(7-2,9-17-3)11-19-5/h3,6-13,16H2,1-2,4-5H3. The molecule has 0 amide bonds. The van der Waals surface area contributed by atoms with Gasteiger partial charge in [0.1, 0.15) is 0 Å². The topological polar surface area (TPSA) is 66.1 Å². The summed E-state index contributed by atoms with van der Waals surface area (Å²) in [4.78, 5) is 4.03. The van der Waals surface area contributed by atoms with E-state index < -0.39 is 0 Å². The minimum Gasteiger partial charge on any atom is -0.384 e. The van der Waals surface area contributed by atoms with Crippen LogP contribution in [0.1, 0.15) is 26.7 Å². The molecule has 0 rings (SSSR count). The molecule has 0 heterocycles. The Morgan fingerprint density at radius 1 is 0.950 bits per heavy atom. The van der Waals surface area contributed by atoms with Gasteiger partial charge in [-0.15, -0.1) is 0 Å². The highest BCUT2D eigenvalue weighted by molar-refractivity contribution is 5.23. The van der Waals surface area contributed by atoms with Crippen LogP contribution in [0.4, 0.5) is 0 Å². The van der Waals surface area contributed by atoms with E-state index >= 15 is 0 Å². The van der Waals surface area contributed by atoms with Crippen molar-refractivity contribution in [1.82, 2.24) is 0 Å². The minimum atomic E-state index is -0.108. The van der Waals surface area contributed by atoms with Crippen LogP contribution < -0.4 is 5.73 Å². The predicted octanol–water partition coefficient (Wildman–Crippen LogP) is 1.75. The van der Waals surface area contributed by atoms with Crippen molar-refractivity contribution in [2.45, 2.75) is 26.7 Å². The molecular formula is C15H32N2O3. The van der Waals surface area contributed by atoms with Crippen molar-refractivity contribution in [2.75, 3.05) is 53.7 Å². The zero-order chi connectivity index (χ0) is 15.5. The number of rotatable bonds is 13. The maximum Gasteiger partial charge on any atom is 0.0562 e. The van der Waals surface area contributed by atoms with Crippen LogP contribution in [0.2, 0.25) is 0 Å².